The lowest BCUT2D eigenvalue weighted by Crippen LogP contribution is -2.49. The minimum atomic E-state index is -0.496. The molecule has 0 bridgehead atoms. The first-order valence-corrected chi connectivity index (χ1v) is 3.90. The molecule has 2 heterocycles. The van der Waals surface area contributed by atoms with Crippen LogP contribution in [-0.4, -0.2) is 28.1 Å². The third-order valence-electron chi connectivity index (χ3n) is 2.35. The highest BCUT2D eigenvalue weighted by Gasteiger charge is 2.42. The van der Waals surface area contributed by atoms with Crippen LogP contribution in [0.2, 0.25) is 0 Å². The van der Waals surface area contributed by atoms with Gasteiger partial charge in [-0.2, -0.15) is 0 Å². The standard InChI is InChI=1S/C8H11NO2/c1-5(10)7-3-2-6-4-8(11)9(6)7/h3,5-6,10H,2,4H2,1H3/t5-,6?/m1/s1. The fourth-order valence-corrected chi connectivity index (χ4v) is 1.75. The van der Waals surface area contributed by atoms with Crippen LogP contribution in [0.3, 0.4) is 0 Å². The van der Waals surface area contributed by atoms with E-state index in [-0.39, 0.29) is 5.91 Å². The minimum Gasteiger partial charge on any atom is -0.387 e. The van der Waals surface area contributed by atoms with Gasteiger partial charge in [-0.1, -0.05) is 6.08 Å². The fourth-order valence-electron chi connectivity index (χ4n) is 1.75. The van der Waals surface area contributed by atoms with Crippen molar-refractivity contribution in [2.24, 2.45) is 0 Å². The molecule has 0 saturated carbocycles. The van der Waals surface area contributed by atoms with Crippen LogP contribution in [0, 0.1) is 0 Å². The van der Waals surface area contributed by atoms with Crippen LogP contribution < -0.4 is 0 Å². The lowest BCUT2D eigenvalue weighted by Gasteiger charge is -2.37. The van der Waals surface area contributed by atoms with Crippen molar-refractivity contribution in [2.75, 3.05) is 0 Å². The van der Waals surface area contributed by atoms with Gasteiger partial charge in [-0.05, 0) is 13.3 Å². The maximum absolute atomic E-state index is 11.0. The summed E-state index contributed by atoms with van der Waals surface area (Å²) < 4.78 is 0. The molecule has 0 aromatic heterocycles. The molecular weight excluding hydrogens is 142 g/mol. The van der Waals surface area contributed by atoms with E-state index in [9.17, 15) is 9.90 Å². The van der Waals surface area contributed by atoms with Gasteiger partial charge in [0.05, 0.1) is 6.10 Å². The van der Waals surface area contributed by atoms with Crippen LogP contribution in [-0.2, 0) is 4.79 Å². The Balaban J connectivity index is 2.17. The molecule has 3 heteroatoms. The summed E-state index contributed by atoms with van der Waals surface area (Å²) in [6, 6.07) is 0.368. The molecule has 0 spiro atoms. The Morgan fingerprint density at radius 3 is 3.00 bits per heavy atom. The molecule has 2 aliphatic rings. The number of fused-ring (bicyclic) bond motifs is 1. The first-order valence-electron chi connectivity index (χ1n) is 3.90. The molecular formula is C8H11NO2. The summed E-state index contributed by atoms with van der Waals surface area (Å²) >= 11 is 0. The van der Waals surface area contributed by atoms with Gasteiger partial charge in [-0.25, -0.2) is 0 Å². The molecule has 1 fully saturated rings. The zero-order chi connectivity index (χ0) is 8.01. The highest BCUT2D eigenvalue weighted by Crippen LogP contribution is 2.34. The molecule has 11 heavy (non-hydrogen) atoms. The van der Waals surface area contributed by atoms with Crippen molar-refractivity contribution < 1.29 is 9.90 Å². The number of amides is 1. The maximum atomic E-state index is 11.0. The van der Waals surface area contributed by atoms with Gasteiger partial charge in [0, 0.05) is 18.2 Å². The second kappa shape index (κ2) is 2.08. The first-order chi connectivity index (χ1) is 5.20. The SMILES string of the molecule is C[C@@H](O)C1=CCC2CC(=O)N12. The Morgan fingerprint density at radius 2 is 2.55 bits per heavy atom. The molecule has 1 unspecified atom stereocenters. The van der Waals surface area contributed by atoms with Gasteiger partial charge >= 0.3 is 0 Å². The number of β-lactam (4-membered cyclic amide) rings is 1. The second-order valence-corrected chi connectivity index (χ2v) is 3.16. The number of rotatable bonds is 1. The van der Waals surface area contributed by atoms with Gasteiger partial charge in [-0.3, -0.25) is 4.79 Å². The summed E-state index contributed by atoms with van der Waals surface area (Å²) in [7, 11) is 0. The fraction of sp³-hybridized carbons (Fsp3) is 0.625. The van der Waals surface area contributed by atoms with E-state index in [1.165, 1.54) is 0 Å². The van der Waals surface area contributed by atoms with E-state index in [2.05, 4.69) is 0 Å². The van der Waals surface area contributed by atoms with Gasteiger partial charge < -0.3 is 10.0 Å². The van der Waals surface area contributed by atoms with Crippen molar-refractivity contribution in [1.29, 1.82) is 0 Å². The largest absolute Gasteiger partial charge is 0.387 e. The van der Waals surface area contributed by atoms with Crippen LogP contribution in [0.4, 0.5) is 0 Å². The number of aliphatic hydroxyl groups is 1. The number of carbonyl (C=O) groups is 1. The summed E-state index contributed by atoms with van der Waals surface area (Å²) in [5, 5.41) is 9.23. The van der Waals surface area contributed by atoms with Crippen LogP contribution in [0.15, 0.2) is 11.8 Å². The minimum absolute atomic E-state index is 0.152. The molecule has 2 atom stereocenters. The zero-order valence-corrected chi connectivity index (χ0v) is 6.45. The molecule has 3 nitrogen and oxygen atoms in total. The van der Waals surface area contributed by atoms with E-state index in [0.717, 1.165) is 12.1 Å². The van der Waals surface area contributed by atoms with Crippen molar-refractivity contribution in [3.8, 4) is 0 Å². The first kappa shape index (κ1) is 6.85. The quantitative estimate of drug-likeness (QED) is 0.549. The maximum Gasteiger partial charge on any atom is 0.229 e. The molecule has 1 N–H and O–H groups in total. The van der Waals surface area contributed by atoms with E-state index < -0.39 is 6.10 Å². The Bertz CT molecular complexity index is 232. The van der Waals surface area contributed by atoms with Gasteiger partial charge in [0.15, 0.2) is 0 Å². The number of carbonyl (C=O) groups excluding carboxylic acids is 1. The smallest absolute Gasteiger partial charge is 0.229 e. The lowest BCUT2D eigenvalue weighted by molar-refractivity contribution is -0.142. The predicted molar refractivity (Wildman–Crippen MR) is 39.6 cm³/mol. The summed E-state index contributed by atoms with van der Waals surface area (Å²) in [6.07, 6.45) is 3.04. The molecule has 2 rings (SSSR count). The third kappa shape index (κ3) is 0.807. The number of hydrogen-bond donors (Lipinski definition) is 1. The van der Waals surface area contributed by atoms with Crippen molar-refractivity contribution >= 4 is 5.91 Å². The molecule has 0 aliphatic carbocycles. The average Bonchev–Trinajstić information content (AvgIpc) is 2.25. The van der Waals surface area contributed by atoms with Crippen molar-refractivity contribution in [3.63, 3.8) is 0 Å². The second-order valence-electron chi connectivity index (χ2n) is 3.16. The molecule has 1 saturated heterocycles. The Kier molecular flexibility index (Phi) is 1.29. The topological polar surface area (TPSA) is 40.5 Å². The van der Waals surface area contributed by atoms with Crippen LogP contribution in [0.5, 0.6) is 0 Å². The van der Waals surface area contributed by atoms with E-state index in [1.54, 1.807) is 11.8 Å². The number of aliphatic hydroxyl groups excluding tert-OH is 1. The molecule has 0 aromatic rings. The lowest BCUT2D eigenvalue weighted by atomic mass is 10.0. The third-order valence-corrected chi connectivity index (χ3v) is 2.35. The van der Waals surface area contributed by atoms with E-state index in [4.69, 9.17) is 0 Å². The summed E-state index contributed by atoms with van der Waals surface area (Å²) in [5.74, 6) is 0.152. The van der Waals surface area contributed by atoms with E-state index in [1.807, 2.05) is 6.08 Å². The Labute approximate surface area is 65.3 Å². The number of hydrogen-bond acceptors (Lipinski definition) is 2. The van der Waals surface area contributed by atoms with Crippen molar-refractivity contribution in [2.45, 2.75) is 31.9 Å². The monoisotopic (exact) mass is 153 g/mol. The van der Waals surface area contributed by atoms with Gasteiger partial charge in [-0.15, -0.1) is 0 Å². The van der Waals surface area contributed by atoms with Gasteiger partial charge in [0.2, 0.25) is 5.91 Å². The van der Waals surface area contributed by atoms with Gasteiger partial charge in [0.25, 0.3) is 0 Å². The molecule has 60 valence electrons. The van der Waals surface area contributed by atoms with E-state index >= 15 is 0 Å². The molecule has 1 amide bonds. The molecule has 2 aliphatic heterocycles. The number of nitrogens with zero attached hydrogens (tertiary/aromatic N) is 1. The zero-order valence-electron chi connectivity index (χ0n) is 6.45. The molecule has 0 radical (unpaired) electrons. The van der Waals surface area contributed by atoms with Crippen LogP contribution in [0.25, 0.3) is 0 Å². The van der Waals surface area contributed by atoms with Gasteiger partial charge in [0.1, 0.15) is 0 Å². The van der Waals surface area contributed by atoms with Crippen LogP contribution >= 0.6 is 0 Å². The summed E-state index contributed by atoms with van der Waals surface area (Å²) in [5.41, 5.74) is 0.797. The normalized spacial score (nSPS) is 31.1. The van der Waals surface area contributed by atoms with E-state index in [0.29, 0.717) is 12.5 Å². The Morgan fingerprint density at radius 1 is 1.82 bits per heavy atom. The van der Waals surface area contributed by atoms with Crippen molar-refractivity contribution in [1.82, 2.24) is 4.90 Å². The highest BCUT2D eigenvalue weighted by molar-refractivity contribution is 5.86. The Hall–Kier alpha value is -0.830. The summed E-state index contributed by atoms with van der Waals surface area (Å²) in [6.45, 7) is 1.69. The molecule has 0 aromatic carbocycles. The average molecular weight is 153 g/mol. The highest BCUT2D eigenvalue weighted by atomic mass is 16.3. The van der Waals surface area contributed by atoms with Crippen molar-refractivity contribution in [3.05, 3.63) is 11.8 Å². The predicted octanol–water partition coefficient (Wildman–Crippen LogP) is 0.256. The summed E-state index contributed by atoms with van der Waals surface area (Å²) in [4.78, 5) is 12.7. The van der Waals surface area contributed by atoms with Crippen LogP contribution in [0.1, 0.15) is 19.8 Å².